The molecule has 0 atom stereocenters. The normalized spacial score (nSPS) is 15.7. The largest absolute Gasteiger partial charge is 0.478 e. The monoisotopic (exact) mass is 361 g/mol. The van der Waals surface area contributed by atoms with Gasteiger partial charge >= 0.3 is 5.97 Å². The number of carbonyl (C=O) groups excluding carboxylic acids is 1. The predicted octanol–water partition coefficient (Wildman–Crippen LogP) is 5.08. The van der Waals surface area contributed by atoms with Crippen LogP contribution in [0.1, 0.15) is 47.7 Å². The first kappa shape index (κ1) is 18.6. The summed E-state index contributed by atoms with van der Waals surface area (Å²) < 4.78 is 0. The van der Waals surface area contributed by atoms with Gasteiger partial charge in [0.1, 0.15) is 0 Å². The summed E-state index contributed by atoms with van der Waals surface area (Å²) in [6.45, 7) is 1.92. The van der Waals surface area contributed by atoms with Gasteiger partial charge in [0, 0.05) is 11.8 Å². The molecule has 0 spiro atoms. The first-order valence-corrected chi connectivity index (χ1v) is 9.14. The fourth-order valence-electron chi connectivity index (χ4n) is 3.36. The van der Waals surface area contributed by atoms with Gasteiger partial charge in [0.2, 0.25) is 5.91 Å². The number of hydrogen-bond donors (Lipinski definition) is 2. The Balaban J connectivity index is 1.74. The molecule has 138 valence electrons. The first-order valence-electron chi connectivity index (χ1n) is 9.14. The SMILES string of the molecule is CC(=CC(=O)Nc1ccc(C(=O)O)cc1)C=C1CCCCc2ccccc21. The average molecular weight is 361 g/mol. The van der Waals surface area contributed by atoms with Gasteiger partial charge in [-0.25, -0.2) is 4.79 Å². The Morgan fingerprint density at radius 3 is 2.44 bits per heavy atom. The van der Waals surface area contributed by atoms with Gasteiger partial charge in [0.05, 0.1) is 5.56 Å². The maximum absolute atomic E-state index is 12.3. The van der Waals surface area contributed by atoms with Crippen molar-refractivity contribution in [2.45, 2.75) is 32.6 Å². The fourth-order valence-corrected chi connectivity index (χ4v) is 3.36. The molecule has 3 rings (SSSR count). The molecule has 4 nitrogen and oxygen atoms in total. The molecule has 1 aliphatic carbocycles. The van der Waals surface area contributed by atoms with Gasteiger partial charge in [0.25, 0.3) is 0 Å². The molecule has 0 heterocycles. The van der Waals surface area contributed by atoms with Gasteiger partial charge in [-0.15, -0.1) is 0 Å². The summed E-state index contributed by atoms with van der Waals surface area (Å²) in [4.78, 5) is 23.1. The number of carboxylic acids is 1. The summed E-state index contributed by atoms with van der Waals surface area (Å²) in [5, 5.41) is 11.7. The third-order valence-corrected chi connectivity index (χ3v) is 4.67. The number of allylic oxidation sites excluding steroid dienone is 3. The molecule has 0 aromatic heterocycles. The summed E-state index contributed by atoms with van der Waals surface area (Å²) in [5.74, 6) is -1.21. The lowest BCUT2D eigenvalue weighted by atomic mass is 9.97. The number of carbonyl (C=O) groups is 2. The second-order valence-electron chi connectivity index (χ2n) is 6.79. The molecule has 0 saturated carbocycles. The molecular weight excluding hydrogens is 338 g/mol. The maximum atomic E-state index is 12.3. The van der Waals surface area contributed by atoms with Crippen LogP contribution in [0.5, 0.6) is 0 Å². The zero-order valence-electron chi connectivity index (χ0n) is 15.4. The molecule has 0 fully saturated rings. The third-order valence-electron chi connectivity index (χ3n) is 4.67. The number of anilines is 1. The molecule has 0 saturated heterocycles. The van der Waals surface area contributed by atoms with E-state index in [2.05, 4.69) is 35.7 Å². The van der Waals surface area contributed by atoms with Gasteiger partial charge in [-0.1, -0.05) is 30.3 Å². The zero-order chi connectivity index (χ0) is 19.2. The van der Waals surface area contributed by atoms with E-state index in [0.29, 0.717) is 5.69 Å². The van der Waals surface area contributed by atoms with Crippen molar-refractivity contribution < 1.29 is 14.7 Å². The molecular formula is C23H23NO3. The van der Waals surface area contributed by atoms with Crippen molar-refractivity contribution >= 4 is 23.1 Å². The summed E-state index contributed by atoms with van der Waals surface area (Å²) >= 11 is 0. The third kappa shape index (κ3) is 4.94. The summed E-state index contributed by atoms with van der Waals surface area (Å²) in [7, 11) is 0. The molecule has 4 heteroatoms. The van der Waals surface area contributed by atoms with Gasteiger partial charge in [-0.05, 0) is 79.1 Å². The smallest absolute Gasteiger partial charge is 0.335 e. The minimum atomic E-state index is -0.987. The quantitative estimate of drug-likeness (QED) is 0.589. The van der Waals surface area contributed by atoms with Crippen molar-refractivity contribution in [2.24, 2.45) is 0 Å². The van der Waals surface area contributed by atoms with Crippen molar-refractivity contribution in [3.63, 3.8) is 0 Å². The van der Waals surface area contributed by atoms with Gasteiger partial charge < -0.3 is 10.4 Å². The molecule has 1 aliphatic rings. The highest BCUT2D eigenvalue weighted by molar-refractivity contribution is 6.00. The van der Waals surface area contributed by atoms with Crippen molar-refractivity contribution in [1.82, 2.24) is 0 Å². The first-order chi connectivity index (χ1) is 13.0. The van der Waals surface area contributed by atoms with E-state index in [1.165, 1.54) is 35.3 Å². The van der Waals surface area contributed by atoms with Crippen molar-refractivity contribution in [1.29, 1.82) is 0 Å². The van der Waals surface area contributed by atoms with E-state index >= 15 is 0 Å². The standard InChI is InChI=1S/C23H23NO3/c1-16(14-19-8-3-2-6-17-7-4-5-9-21(17)19)15-22(25)24-20-12-10-18(11-13-20)23(26)27/h4-5,7,9-15H,2-3,6,8H2,1H3,(H,24,25)(H,26,27). The predicted molar refractivity (Wildman–Crippen MR) is 108 cm³/mol. The summed E-state index contributed by atoms with van der Waals surface area (Å²) in [6, 6.07) is 14.6. The van der Waals surface area contributed by atoms with Gasteiger partial charge in [-0.3, -0.25) is 4.79 Å². The summed E-state index contributed by atoms with van der Waals surface area (Å²) in [5.41, 5.74) is 5.58. The number of rotatable bonds is 4. The average Bonchev–Trinajstić information content (AvgIpc) is 2.84. The summed E-state index contributed by atoms with van der Waals surface area (Å²) in [6.07, 6.45) is 8.12. The Morgan fingerprint density at radius 1 is 1.00 bits per heavy atom. The van der Waals surface area contributed by atoms with Crippen LogP contribution >= 0.6 is 0 Å². The van der Waals surface area contributed by atoms with Crippen LogP contribution in [0.3, 0.4) is 0 Å². The highest BCUT2D eigenvalue weighted by Gasteiger charge is 2.12. The number of fused-ring (bicyclic) bond motifs is 1. The fraction of sp³-hybridized carbons (Fsp3) is 0.217. The van der Waals surface area contributed by atoms with Crippen LogP contribution < -0.4 is 5.32 Å². The Morgan fingerprint density at radius 2 is 1.70 bits per heavy atom. The van der Waals surface area contributed by atoms with E-state index in [9.17, 15) is 9.59 Å². The lowest BCUT2D eigenvalue weighted by molar-refractivity contribution is -0.111. The minimum Gasteiger partial charge on any atom is -0.478 e. The Labute approximate surface area is 159 Å². The molecule has 0 radical (unpaired) electrons. The number of hydrogen-bond acceptors (Lipinski definition) is 2. The van der Waals surface area contributed by atoms with Crippen molar-refractivity contribution in [3.8, 4) is 0 Å². The van der Waals surface area contributed by atoms with Crippen LogP contribution in [0.4, 0.5) is 5.69 Å². The molecule has 0 aliphatic heterocycles. The number of benzene rings is 2. The molecule has 27 heavy (non-hydrogen) atoms. The van der Waals surface area contributed by atoms with Crippen molar-refractivity contribution in [3.05, 3.63) is 82.9 Å². The Kier molecular flexibility index (Phi) is 5.87. The Hall–Kier alpha value is -3.14. The van der Waals surface area contributed by atoms with E-state index in [-0.39, 0.29) is 11.5 Å². The molecule has 0 bridgehead atoms. The van der Waals surface area contributed by atoms with Gasteiger partial charge in [-0.2, -0.15) is 0 Å². The van der Waals surface area contributed by atoms with E-state index in [0.717, 1.165) is 24.8 Å². The minimum absolute atomic E-state index is 0.191. The van der Waals surface area contributed by atoms with Crippen LogP contribution in [-0.2, 0) is 11.2 Å². The van der Waals surface area contributed by atoms with Crippen LogP contribution in [-0.4, -0.2) is 17.0 Å². The molecule has 0 unspecified atom stereocenters. The number of aromatic carboxylic acids is 1. The molecule has 2 aromatic rings. The van der Waals surface area contributed by atoms with Gasteiger partial charge in [0.15, 0.2) is 0 Å². The number of carboxylic acid groups (broad SMARTS) is 1. The topological polar surface area (TPSA) is 66.4 Å². The second kappa shape index (κ2) is 8.49. The van der Waals surface area contributed by atoms with Crippen LogP contribution in [0.15, 0.2) is 66.3 Å². The number of amides is 1. The lowest BCUT2D eigenvalue weighted by Crippen LogP contribution is -2.08. The maximum Gasteiger partial charge on any atom is 0.335 e. The molecule has 2 N–H and O–H groups in total. The lowest BCUT2D eigenvalue weighted by Gasteiger charge is -2.09. The molecule has 2 aromatic carbocycles. The number of nitrogens with one attached hydrogen (secondary N) is 1. The van der Waals surface area contributed by atoms with Crippen molar-refractivity contribution in [2.75, 3.05) is 5.32 Å². The zero-order valence-corrected chi connectivity index (χ0v) is 15.4. The number of aryl methyl sites for hydroxylation is 1. The highest BCUT2D eigenvalue weighted by atomic mass is 16.4. The van der Waals surface area contributed by atoms with E-state index in [1.54, 1.807) is 18.2 Å². The highest BCUT2D eigenvalue weighted by Crippen LogP contribution is 2.30. The van der Waals surface area contributed by atoms with E-state index in [1.807, 2.05) is 6.92 Å². The van der Waals surface area contributed by atoms with Crippen LogP contribution in [0.25, 0.3) is 5.57 Å². The van der Waals surface area contributed by atoms with E-state index in [4.69, 9.17) is 5.11 Å². The van der Waals surface area contributed by atoms with Crippen LogP contribution in [0.2, 0.25) is 0 Å². The molecule has 1 amide bonds. The Bertz CT molecular complexity index is 907. The van der Waals surface area contributed by atoms with Crippen LogP contribution in [0, 0.1) is 0 Å². The second-order valence-corrected chi connectivity index (χ2v) is 6.79. The van der Waals surface area contributed by atoms with E-state index < -0.39 is 5.97 Å².